The minimum Gasteiger partial charge on any atom is -0.310 e. The van der Waals surface area contributed by atoms with Crippen LogP contribution in [0.4, 0.5) is 5.69 Å². The van der Waals surface area contributed by atoms with Crippen molar-refractivity contribution >= 4 is 11.6 Å². The maximum Gasteiger partial charge on any atom is 0.278 e. The van der Waals surface area contributed by atoms with Crippen LogP contribution in [0.2, 0.25) is 0 Å². The van der Waals surface area contributed by atoms with Crippen molar-refractivity contribution in [3.05, 3.63) is 53.9 Å². The molecule has 1 aromatic carbocycles. The van der Waals surface area contributed by atoms with E-state index >= 15 is 0 Å². The molecule has 2 aromatic rings. The molecule has 0 aliphatic heterocycles. The second-order valence-electron chi connectivity index (χ2n) is 4.70. The average Bonchev–Trinajstić information content (AvgIpc) is 2.46. The number of carbonyl (C=O) groups excluding carboxylic acids is 1. The zero-order chi connectivity index (χ0) is 13.8. The molecule has 0 unspecified atom stereocenters. The van der Waals surface area contributed by atoms with E-state index in [-0.39, 0.29) is 5.91 Å². The van der Waals surface area contributed by atoms with Gasteiger partial charge in [-0.1, -0.05) is 32.0 Å². The molecule has 0 aliphatic rings. The Morgan fingerprint density at radius 3 is 2.26 bits per heavy atom. The summed E-state index contributed by atoms with van der Waals surface area (Å²) in [5.74, 6) is 0.150. The summed E-state index contributed by atoms with van der Waals surface area (Å²) < 4.78 is 0. The summed E-state index contributed by atoms with van der Waals surface area (Å²) in [5, 5.41) is 8.08. The Labute approximate surface area is 113 Å². The first kappa shape index (κ1) is 13.2. The lowest BCUT2D eigenvalue weighted by Gasteiger charge is -2.16. The van der Waals surface area contributed by atoms with E-state index in [9.17, 15) is 4.79 Å². The van der Waals surface area contributed by atoms with Gasteiger partial charge in [0.1, 0.15) is 0 Å². The van der Waals surface area contributed by atoms with E-state index in [2.05, 4.69) is 10.2 Å². The molecule has 98 valence electrons. The second-order valence-corrected chi connectivity index (χ2v) is 4.70. The summed E-state index contributed by atoms with van der Waals surface area (Å²) in [6.07, 6.45) is 0. The largest absolute Gasteiger partial charge is 0.310 e. The first-order valence-corrected chi connectivity index (χ1v) is 6.26. The molecule has 4 nitrogen and oxygen atoms in total. The number of para-hydroxylation sites is 1. The van der Waals surface area contributed by atoms with Gasteiger partial charge in [0.2, 0.25) is 0 Å². The highest BCUT2D eigenvalue weighted by Crippen LogP contribution is 2.15. The Balaban J connectivity index is 2.20. The fraction of sp³-hybridized carbons (Fsp3) is 0.267. The zero-order valence-corrected chi connectivity index (χ0v) is 11.4. The molecule has 2 rings (SSSR count). The van der Waals surface area contributed by atoms with E-state index in [0.717, 1.165) is 11.4 Å². The number of hydrogen-bond donors (Lipinski definition) is 0. The average molecular weight is 255 g/mol. The van der Waals surface area contributed by atoms with E-state index in [1.54, 1.807) is 18.0 Å². The predicted molar refractivity (Wildman–Crippen MR) is 75.3 cm³/mol. The molecule has 0 saturated carbocycles. The van der Waals surface area contributed by atoms with E-state index in [0.29, 0.717) is 11.6 Å². The Hall–Kier alpha value is -2.23. The third kappa shape index (κ3) is 2.96. The summed E-state index contributed by atoms with van der Waals surface area (Å²) in [4.78, 5) is 13.8. The maximum absolute atomic E-state index is 12.2. The quantitative estimate of drug-likeness (QED) is 0.847. The lowest BCUT2D eigenvalue weighted by atomic mass is 10.1. The molecule has 19 heavy (non-hydrogen) atoms. The molecule has 0 N–H and O–H groups in total. The number of amides is 1. The Morgan fingerprint density at radius 2 is 1.74 bits per heavy atom. The lowest BCUT2D eigenvalue weighted by Crippen LogP contribution is -2.27. The van der Waals surface area contributed by atoms with Crippen molar-refractivity contribution in [1.29, 1.82) is 0 Å². The zero-order valence-electron chi connectivity index (χ0n) is 11.4. The van der Waals surface area contributed by atoms with Crippen molar-refractivity contribution in [2.24, 2.45) is 0 Å². The van der Waals surface area contributed by atoms with Crippen LogP contribution < -0.4 is 4.90 Å². The van der Waals surface area contributed by atoms with Gasteiger partial charge >= 0.3 is 0 Å². The van der Waals surface area contributed by atoms with E-state index in [4.69, 9.17) is 0 Å². The van der Waals surface area contributed by atoms with E-state index < -0.39 is 0 Å². The maximum atomic E-state index is 12.2. The van der Waals surface area contributed by atoms with Gasteiger partial charge in [-0.2, -0.15) is 5.10 Å². The summed E-state index contributed by atoms with van der Waals surface area (Å²) in [6, 6.07) is 13.0. The molecule has 0 bridgehead atoms. The van der Waals surface area contributed by atoms with Crippen molar-refractivity contribution in [3.8, 4) is 0 Å². The van der Waals surface area contributed by atoms with Crippen LogP contribution in [0.15, 0.2) is 42.5 Å². The van der Waals surface area contributed by atoms with Crippen LogP contribution in [0, 0.1) is 0 Å². The fourth-order valence-electron chi connectivity index (χ4n) is 1.71. The third-order valence-electron chi connectivity index (χ3n) is 2.94. The number of carbonyl (C=O) groups is 1. The summed E-state index contributed by atoms with van der Waals surface area (Å²) in [6.45, 7) is 4.09. The lowest BCUT2D eigenvalue weighted by molar-refractivity contribution is 0.0987. The Kier molecular flexibility index (Phi) is 3.90. The van der Waals surface area contributed by atoms with Crippen molar-refractivity contribution in [3.63, 3.8) is 0 Å². The first-order valence-electron chi connectivity index (χ1n) is 6.26. The molecular weight excluding hydrogens is 238 g/mol. The van der Waals surface area contributed by atoms with E-state index in [1.807, 2.05) is 50.2 Å². The molecule has 1 heterocycles. The molecular formula is C15H17N3O. The van der Waals surface area contributed by atoms with Crippen molar-refractivity contribution in [2.75, 3.05) is 11.9 Å². The van der Waals surface area contributed by atoms with Crippen molar-refractivity contribution < 1.29 is 4.79 Å². The fourth-order valence-corrected chi connectivity index (χ4v) is 1.71. The van der Waals surface area contributed by atoms with Crippen LogP contribution in [0.25, 0.3) is 0 Å². The monoisotopic (exact) mass is 255 g/mol. The SMILES string of the molecule is CC(C)c1ccc(C(=O)N(C)c2ccccc2)nn1. The number of anilines is 1. The van der Waals surface area contributed by atoms with Gasteiger partial charge < -0.3 is 4.90 Å². The Bertz CT molecular complexity index is 549. The van der Waals surface area contributed by atoms with Gasteiger partial charge in [0.15, 0.2) is 5.69 Å². The molecule has 4 heteroatoms. The van der Waals surface area contributed by atoms with Crippen LogP contribution in [0.3, 0.4) is 0 Å². The van der Waals surface area contributed by atoms with Crippen LogP contribution in [0.5, 0.6) is 0 Å². The van der Waals surface area contributed by atoms with Gasteiger partial charge in [-0.15, -0.1) is 5.10 Å². The topological polar surface area (TPSA) is 46.1 Å². The highest BCUT2D eigenvalue weighted by Gasteiger charge is 2.15. The molecule has 0 radical (unpaired) electrons. The first-order chi connectivity index (χ1) is 9.09. The van der Waals surface area contributed by atoms with Crippen LogP contribution in [0.1, 0.15) is 35.9 Å². The van der Waals surface area contributed by atoms with E-state index in [1.165, 1.54) is 0 Å². The Morgan fingerprint density at radius 1 is 1.05 bits per heavy atom. The van der Waals surface area contributed by atoms with Crippen molar-refractivity contribution in [2.45, 2.75) is 19.8 Å². The number of benzene rings is 1. The minimum absolute atomic E-state index is 0.158. The summed E-state index contributed by atoms with van der Waals surface area (Å²) >= 11 is 0. The van der Waals surface area contributed by atoms with Crippen LogP contribution in [-0.2, 0) is 0 Å². The number of rotatable bonds is 3. The summed E-state index contributed by atoms with van der Waals surface area (Å²) in [7, 11) is 1.73. The molecule has 0 fully saturated rings. The van der Waals surface area contributed by atoms with Gasteiger partial charge in [0.05, 0.1) is 5.69 Å². The smallest absolute Gasteiger partial charge is 0.278 e. The molecule has 0 saturated heterocycles. The number of nitrogens with zero attached hydrogens (tertiary/aromatic N) is 3. The van der Waals surface area contributed by atoms with Gasteiger partial charge in [-0.05, 0) is 30.2 Å². The third-order valence-corrected chi connectivity index (χ3v) is 2.94. The number of aromatic nitrogens is 2. The van der Waals surface area contributed by atoms with Crippen LogP contribution in [-0.4, -0.2) is 23.2 Å². The standard InChI is InChI=1S/C15H17N3O/c1-11(2)13-9-10-14(17-16-13)15(19)18(3)12-7-5-4-6-8-12/h4-11H,1-3H3. The highest BCUT2D eigenvalue weighted by molar-refractivity contribution is 6.04. The van der Waals surface area contributed by atoms with Gasteiger partial charge in [-0.3, -0.25) is 4.79 Å². The second kappa shape index (κ2) is 5.61. The predicted octanol–water partition coefficient (Wildman–Crippen LogP) is 2.88. The molecule has 1 aromatic heterocycles. The molecule has 0 spiro atoms. The molecule has 1 amide bonds. The molecule has 0 atom stereocenters. The normalized spacial score (nSPS) is 10.5. The highest BCUT2D eigenvalue weighted by atomic mass is 16.2. The molecule has 0 aliphatic carbocycles. The summed E-state index contributed by atoms with van der Waals surface area (Å²) in [5.41, 5.74) is 2.08. The number of hydrogen-bond acceptors (Lipinski definition) is 3. The van der Waals surface area contributed by atoms with Crippen molar-refractivity contribution in [1.82, 2.24) is 10.2 Å². The van der Waals surface area contributed by atoms with Gasteiger partial charge in [0.25, 0.3) is 5.91 Å². The minimum atomic E-state index is -0.158. The van der Waals surface area contributed by atoms with Gasteiger partial charge in [-0.25, -0.2) is 0 Å². The van der Waals surface area contributed by atoms with Crippen LogP contribution >= 0.6 is 0 Å². The van der Waals surface area contributed by atoms with Gasteiger partial charge in [0, 0.05) is 12.7 Å².